The molecule has 0 radical (unpaired) electrons. The normalized spacial score (nSPS) is 22.7. The average molecular weight is 256 g/mol. The van der Waals surface area contributed by atoms with Gasteiger partial charge >= 0.3 is 0 Å². The van der Waals surface area contributed by atoms with Crippen LogP contribution in [0.4, 0.5) is 0 Å². The summed E-state index contributed by atoms with van der Waals surface area (Å²) in [6, 6.07) is 9.19. The quantitative estimate of drug-likeness (QED) is 0.845. The smallest absolute Gasteiger partial charge is 0.0457 e. The number of hydrogen-bond acceptors (Lipinski definition) is 1. The molecule has 0 aliphatic heterocycles. The fourth-order valence-electron chi connectivity index (χ4n) is 3.38. The molecule has 0 bridgehead atoms. The number of benzene rings is 1. The largest absolute Gasteiger partial charge is 0.361 e. The first-order valence-electron chi connectivity index (χ1n) is 7.45. The summed E-state index contributed by atoms with van der Waals surface area (Å²) in [7, 11) is 0. The lowest BCUT2D eigenvalue weighted by Gasteiger charge is -2.39. The first-order chi connectivity index (χ1) is 9.17. The topological polar surface area (TPSA) is 27.8 Å². The van der Waals surface area contributed by atoms with E-state index in [0.717, 1.165) is 6.54 Å². The fourth-order valence-corrected chi connectivity index (χ4v) is 3.38. The molecule has 2 nitrogen and oxygen atoms in total. The maximum absolute atomic E-state index is 3.79. The van der Waals surface area contributed by atoms with Gasteiger partial charge in [-0.25, -0.2) is 0 Å². The number of aromatic nitrogens is 1. The second-order valence-corrected chi connectivity index (χ2v) is 6.53. The monoisotopic (exact) mass is 256 g/mol. The molecule has 1 aromatic heterocycles. The van der Waals surface area contributed by atoms with Crippen molar-refractivity contribution in [3.8, 4) is 0 Å². The lowest BCUT2D eigenvalue weighted by atomic mass is 9.73. The minimum Gasteiger partial charge on any atom is -0.361 e. The molecule has 1 unspecified atom stereocenters. The summed E-state index contributed by atoms with van der Waals surface area (Å²) in [6.45, 7) is 5.77. The zero-order valence-corrected chi connectivity index (χ0v) is 12.0. The van der Waals surface area contributed by atoms with Gasteiger partial charge in [-0.1, -0.05) is 44.9 Å². The van der Waals surface area contributed by atoms with Crippen molar-refractivity contribution in [1.82, 2.24) is 10.3 Å². The molecule has 2 N–H and O–H groups in total. The summed E-state index contributed by atoms with van der Waals surface area (Å²) in [5.74, 6) is 0. The molecule has 1 heterocycles. The molecule has 3 rings (SSSR count). The van der Waals surface area contributed by atoms with Crippen LogP contribution in [-0.4, -0.2) is 11.0 Å². The van der Waals surface area contributed by atoms with Crippen LogP contribution in [0.25, 0.3) is 10.9 Å². The van der Waals surface area contributed by atoms with Crippen molar-refractivity contribution in [3.05, 3.63) is 36.0 Å². The van der Waals surface area contributed by atoms with Gasteiger partial charge in [0.1, 0.15) is 0 Å². The Morgan fingerprint density at radius 1 is 1.26 bits per heavy atom. The molecule has 1 aliphatic carbocycles. The lowest BCUT2D eigenvalue weighted by Crippen LogP contribution is -2.43. The van der Waals surface area contributed by atoms with Gasteiger partial charge in [-0.2, -0.15) is 0 Å². The van der Waals surface area contributed by atoms with E-state index in [4.69, 9.17) is 0 Å². The Bertz CT molecular complexity index is 553. The predicted octanol–water partition coefficient (Wildman–Crippen LogP) is 4.23. The fraction of sp³-hybridized carbons (Fsp3) is 0.529. The molecule has 1 fully saturated rings. The molecule has 1 atom stereocenters. The third-order valence-corrected chi connectivity index (χ3v) is 4.72. The molecule has 1 aliphatic rings. The van der Waals surface area contributed by atoms with Crippen LogP contribution < -0.4 is 5.32 Å². The Labute approximate surface area is 115 Å². The highest BCUT2D eigenvalue weighted by Gasteiger charge is 2.31. The molecule has 2 heteroatoms. The Hall–Kier alpha value is -1.28. The van der Waals surface area contributed by atoms with E-state index in [0.29, 0.717) is 11.5 Å². The molecule has 102 valence electrons. The third-order valence-electron chi connectivity index (χ3n) is 4.72. The van der Waals surface area contributed by atoms with Crippen molar-refractivity contribution in [3.63, 3.8) is 0 Å². The minimum absolute atomic E-state index is 0.435. The van der Waals surface area contributed by atoms with Gasteiger partial charge in [0, 0.05) is 29.7 Å². The van der Waals surface area contributed by atoms with Crippen LogP contribution in [0.5, 0.6) is 0 Å². The van der Waals surface area contributed by atoms with Crippen LogP contribution in [0.2, 0.25) is 0 Å². The average Bonchev–Trinajstić information content (AvgIpc) is 2.80. The van der Waals surface area contributed by atoms with E-state index in [1.54, 1.807) is 0 Å². The molecule has 2 aromatic rings. The van der Waals surface area contributed by atoms with Crippen molar-refractivity contribution in [1.29, 1.82) is 0 Å². The van der Waals surface area contributed by atoms with E-state index >= 15 is 0 Å². The van der Waals surface area contributed by atoms with Gasteiger partial charge in [-0.15, -0.1) is 0 Å². The van der Waals surface area contributed by atoms with E-state index in [9.17, 15) is 0 Å². The van der Waals surface area contributed by atoms with Crippen molar-refractivity contribution in [2.75, 3.05) is 0 Å². The highest BCUT2D eigenvalue weighted by Crippen LogP contribution is 2.35. The highest BCUT2D eigenvalue weighted by atomic mass is 14.9. The van der Waals surface area contributed by atoms with Crippen LogP contribution in [0.1, 0.15) is 45.1 Å². The Morgan fingerprint density at radius 3 is 2.95 bits per heavy atom. The summed E-state index contributed by atoms with van der Waals surface area (Å²) < 4.78 is 0. The second kappa shape index (κ2) is 5.01. The lowest BCUT2D eigenvalue weighted by molar-refractivity contribution is 0.167. The van der Waals surface area contributed by atoms with Crippen molar-refractivity contribution < 1.29 is 0 Å². The number of rotatable bonds is 3. The maximum Gasteiger partial charge on any atom is 0.0457 e. The highest BCUT2D eigenvalue weighted by molar-refractivity contribution is 5.82. The molecule has 19 heavy (non-hydrogen) atoms. The Kier molecular flexibility index (Phi) is 3.36. The first kappa shape index (κ1) is 12.7. The molecule has 0 spiro atoms. The zero-order chi connectivity index (χ0) is 13.3. The molecular weight excluding hydrogens is 232 g/mol. The molecule has 1 aromatic carbocycles. The first-order valence-corrected chi connectivity index (χ1v) is 7.45. The number of para-hydroxylation sites is 1. The van der Waals surface area contributed by atoms with Gasteiger partial charge in [-0.3, -0.25) is 0 Å². The van der Waals surface area contributed by atoms with E-state index in [2.05, 4.69) is 54.6 Å². The second-order valence-electron chi connectivity index (χ2n) is 6.53. The SMILES string of the molecule is CC1(C)CCCCC1NCc1c[nH]c2ccccc12. The van der Waals surface area contributed by atoms with Gasteiger partial charge in [0.25, 0.3) is 0 Å². The van der Waals surface area contributed by atoms with Gasteiger partial charge in [0.15, 0.2) is 0 Å². The summed E-state index contributed by atoms with van der Waals surface area (Å²) >= 11 is 0. The van der Waals surface area contributed by atoms with Crippen molar-refractivity contribution in [2.24, 2.45) is 5.41 Å². The standard InChI is InChI=1S/C17H24N2/c1-17(2)10-6-5-9-16(17)19-12-13-11-18-15-8-4-3-7-14(13)15/h3-4,7-8,11,16,18-19H,5-6,9-10,12H2,1-2H3. The number of aromatic amines is 1. The van der Waals surface area contributed by atoms with Crippen molar-refractivity contribution >= 4 is 10.9 Å². The number of H-pyrrole nitrogens is 1. The van der Waals surface area contributed by atoms with Crippen LogP contribution in [-0.2, 0) is 6.54 Å². The Morgan fingerprint density at radius 2 is 2.11 bits per heavy atom. The summed E-state index contributed by atoms with van der Waals surface area (Å²) in [6.07, 6.45) is 7.56. The van der Waals surface area contributed by atoms with Crippen LogP contribution in [0.3, 0.4) is 0 Å². The summed E-state index contributed by atoms with van der Waals surface area (Å²) in [4.78, 5) is 3.36. The van der Waals surface area contributed by atoms with Gasteiger partial charge in [0.2, 0.25) is 0 Å². The zero-order valence-electron chi connectivity index (χ0n) is 12.0. The van der Waals surface area contributed by atoms with E-state index in [1.807, 2.05) is 0 Å². The van der Waals surface area contributed by atoms with Gasteiger partial charge < -0.3 is 10.3 Å². The maximum atomic E-state index is 3.79. The Balaban J connectivity index is 1.72. The number of nitrogens with one attached hydrogen (secondary N) is 2. The van der Waals surface area contributed by atoms with Gasteiger partial charge in [-0.05, 0) is 29.9 Å². The molecule has 0 amide bonds. The number of hydrogen-bond donors (Lipinski definition) is 2. The van der Waals surface area contributed by atoms with E-state index in [1.165, 1.54) is 42.1 Å². The molecule has 1 saturated carbocycles. The molecule has 0 saturated heterocycles. The summed E-state index contributed by atoms with van der Waals surface area (Å²) in [5.41, 5.74) is 3.06. The summed E-state index contributed by atoms with van der Waals surface area (Å²) in [5, 5.41) is 5.14. The van der Waals surface area contributed by atoms with E-state index in [-0.39, 0.29) is 0 Å². The van der Waals surface area contributed by atoms with Crippen LogP contribution in [0.15, 0.2) is 30.5 Å². The third kappa shape index (κ3) is 2.55. The molecular formula is C17H24N2. The van der Waals surface area contributed by atoms with Crippen molar-refractivity contribution in [2.45, 2.75) is 52.1 Å². The van der Waals surface area contributed by atoms with Crippen LogP contribution >= 0.6 is 0 Å². The number of fused-ring (bicyclic) bond motifs is 1. The van der Waals surface area contributed by atoms with E-state index < -0.39 is 0 Å². The van der Waals surface area contributed by atoms with Crippen LogP contribution in [0, 0.1) is 5.41 Å². The van der Waals surface area contributed by atoms with Gasteiger partial charge in [0.05, 0.1) is 0 Å². The minimum atomic E-state index is 0.435. The predicted molar refractivity (Wildman–Crippen MR) is 81.2 cm³/mol.